The topological polar surface area (TPSA) is 79.6 Å². The van der Waals surface area contributed by atoms with Crippen molar-refractivity contribution in [2.24, 2.45) is 0 Å². The number of hydrogen-bond acceptors (Lipinski definition) is 4. The summed E-state index contributed by atoms with van der Waals surface area (Å²) in [6, 6.07) is 24.3. The first-order valence-electron chi connectivity index (χ1n) is 11.5. The SMILES string of the molecule is Nc1ccc(-c2ccc(Nc3cccc(-c4ccc5c(c4)[nH]c4ncncc45)c3)c(C(F)(F)F)c2)cc1. The van der Waals surface area contributed by atoms with Gasteiger partial charge in [0.2, 0.25) is 0 Å². The van der Waals surface area contributed by atoms with Crippen LogP contribution in [0.1, 0.15) is 5.56 Å². The highest BCUT2D eigenvalue weighted by molar-refractivity contribution is 6.06. The van der Waals surface area contributed by atoms with Gasteiger partial charge in [-0.15, -0.1) is 0 Å². The van der Waals surface area contributed by atoms with Gasteiger partial charge in [-0.2, -0.15) is 13.2 Å². The molecule has 4 N–H and O–H groups in total. The molecule has 0 amide bonds. The summed E-state index contributed by atoms with van der Waals surface area (Å²) in [6.45, 7) is 0. The van der Waals surface area contributed by atoms with Crippen molar-refractivity contribution in [2.45, 2.75) is 6.18 Å². The lowest BCUT2D eigenvalue weighted by atomic mass is 10.0. The Hall–Kier alpha value is -4.85. The summed E-state index contributed by atoms with van der Waals surface area (Å²) in [5.74, 6) is 0. The number of alkyl halides is 3. The Morgan fingerprint density at radius 1 is 0.757 bits per heavy atom. The minimum absolute atomic E-state index is 0.0199. The van der Waals surface area contributed by atoms with Crippen molar-refractivity contribution >= 4 is 39.0 Å². The highest BCUT2D eigenvalue weighted by atomic mass is 19.4. The Labute approximate surface area is 209 Å². The Morgan fingerprint density at radius 2 is 1.49 bits per heavy atom. The Bertz CT molecular complexity index is 1750. The monoisotopic (exact) mass is 495 g/mol. The molecule has 182 valence electrons. The van der Waals surface area contributed by atoms with Gasteiger partial charge in [0.25, 0.3) is 0 Å². The summed E-state index contributed by atoms with van der Waals surface area (Å²) < 4.78 is 42.1. The molecule has 6 aromatic rings. The van der Waals surface area contributed by atoms with Crippen LogP contribution in [0.3, 0.4) is 0 Å². The number of aromatic nitrogens is 3. The molecule has 5 nitrogen and oxygen atoms in total. The van der Waals surface area contributed by atoms with E-state index in [9.17, 15) is 13.2 Å². The molecule has 37 heavy (non-hydrogen) atoms. The van der Waals surface area contributed by atoms with E-state index >= 15 is 0 Å². The minimum atomic E-state index is -4.53. The molecule has 0 aliphatic heterocycles. The average Bonchev–Trinajstić information content (AvgIpc) is 3.27. The second kappa shape index (κ2) is 8.67. The minimum Gasteiger partial charge on any atom is -0.399 e. The number of nitrogen functional groups attached to an aromatic ring is 1. The Balaban J connectivity index is 1.35. The van der Waals surface area contributed by atoms with Gasteiger partial charge in [0.1, 0.15) is 12.0 Å². The first-order valence-corrected chi connectivity index (χ1v) is 11.5. The summed E-state index contributed by atoms with van der Waals surface area (Å²) in [6.07, 6.45) is -1.28. The van der Waals surface area contributed by atoms with Crippen molar-refractivity contribution in [3.05, 3.63) is 103 Å². The summed E-state index contributed by atoms with van der Waals surface area (Å²) in [5.41, 5.74) is 10.6. The number of nitrogens with one attached hydrogen (secondary N) is 2. The van der Waals surface area contributed by atoms with Crippen LogP contribution in [0.25, 0.3) is 44.2 Å². The van der Waals surface area contributed by atoms with Gasteiger partial charge in [-0.05, 0) is 64.7 Å². The maximum absolute atomic E-state index is 14.0. The molecule has 0 radical (unpaired) electrons. The molecule has 4 aromatic carbocycles. The van der Waals surface area contributed by atoms with Crippen LogP contribution in [0.15, 0.2) is 97.5 Å². The van der Waals surface area contributed by atoms with Crippen LogP contribution in [0.2, 0.25) is 0 Å². The van der Waals surface area contributed by atoms with Gasteiger partial charge in [-0.25, -0.2) is 9.97 Å². The standard InChI is InChI=1S/C29H20F3N5/c30-29(31,32)25-13-19(17-4-8-21(33)9-5-17)7-11-26(25)36-22-3-1-2-18(12-22)20-6-10-23-24-15-34-16-35-28(24)37-27(23)14-20/h1-16,36H,33H2,(H,34,35,37). The number of halogens is 3. The zero-order valence-electron chi connectivity index (χ0n) is 19.3. The molecule has 0 spiro atoms. The van der Waals surface area contributed by atoms with Crippen LogP contribution in [0.5, 0.6) is 0 Å². The second-order valence-electron chi connectivity index (χ2n) is 8.76. The lowest BCUT2D eigenvalue weighted by Gasteiger charge is -2.17. The first kappa shape index (κ1) is 22.6. The third-order valence-corrected chi connectivity index (χ3v) is 6.32. The van der Waals surface area contributed by atoms with E-state index < -0.39 is 11.7 Å². The van der Waals surface area contributed by atoms with Gasteiger partial charge in [0, 0.05) is 33.9 Å². The van der Waals surface area contributed by atoms with Crippen LogP contribution in [0.4, 0.5) is 30.2 Å². The van der Waals surface area contributed by atoms with E-state index in [-0.39, 0.29) is 5.69 Å². The van der Waals surface area contributed by atoms with Crippen molar-refractivity contribution in [3.63, 3.8) is 0 Å². The number of H-pyrrole nitrogens is 1. The lowest BCUT2D eigenvalue weighted by Crippen LogP contribution is -2.09. The predicted octanol–water partition coefficient (Wildman–Crippen LogP) is 7.79. The molecule has 6 rings (SSSR count). The number of hydrogen-bond donors (Lipinski definition) is 3. The predicted molar refractivity (Wildman–Crippen MR) is 141 cm³/mol. The van der Waals surface area contributed by atoms with Crippen molar-refractivity contribution in [2.75, 3.05) is 11.1 Å². The third-order valence-electron chi connectivity index (χ3n) is 6.32. The van der Waals surface area contributed by atoms with Crippen molar-refractivity contribution in [1.82, 2.24) is 15.0 Å². The van der Waals surface area contributed by atoms with Gasteiger partial charge in [0.05, 0.1) is 11.3 Å². The molecule has 0 unspecified atom stereocenters. The van der Waals surface area contributed by atoms with Crippen molar-refractivity contribution in [3.8, 4) is 22.3 Å². The fourth-order valence-electron chi connectivity index (χ4n) is 4.49. The molecule has 0 atom stereocenters. The molecular formula is C29H20F3N5. The molecule has 0 saturated heterocycles. The average molecular weight is 496 g/mol. The molecule has 2 aromatic heterocycles. The van der Waals surface area contributed by atoms with Crippen molar-refractivity contribution in [1.29, 1.82) is 0 Å². The molecule has 2 heterocycles. The molecule has 0 bridgehead atoms. The molecule has 0 saturated carbocycles. The van der Waals surface area contributed by atoms with E-state index in [2.05, 4.69) is 20.3 Å². The van der Waals surface area contributed by atoms with E-state index in [4.69, 9.17) is 5.73 Å². The smallest absolute Gasteiger partial charge is 0.399 e. The summed E-state index contributed by atoms with van der Waals surface area (Å²) >= 11 is 0. The maximum Gasteiger partial charge on any atom is 0.418 e. The van der Waals surface area contributed by atoms with Crippen LogP contribution >= 0.6 is 0 Å². The first-order chi connectivity index (χ1) is 17.8. The van der Waals surface area contributed by atoms with E-state index in [0.29, 0.717) is 22.5 Å². The van der Waals surface area contributed by atoms with E-state index in [1.807, 2.05) is 36.4 Å². The van der Waals surface area contributed by atoms with Crippen molar-refractivity contribution < 1.29 is 13.2 Å². The number of anilines is 3. The normalized spacial score (nSPS) is 11.8. The van der Waals surface area contributed by atoms with Gasteiger partial charge in [-0.3, -0.25) is 0 Å². The molecule has 8 heteroatoms. The zero-order chi connectivity index (χ0) is 25.6. The van der Waals surface area contributed by atoms with E-state index in [0.717, 1.165) is 39.1 Å². The van der Waals surface area contributed by atoms with E-state index in [1.54, 1.807) is 42.6 Å². The van der Waals surface area contributed by atoms with E-state index in [1.165, 1.54) is 12.4 Å². The fraction of sp³-hybridized carbons (Fsp3) is 0.0345. The summed E-state index contributed by atoms with van der Waals surface area (Å²) in [5, 5.41) is 4.91. The van der Waals surface area contributed by atoms with Crippen LogP contribution in [-0.2, 0) is 6.18 Å². The molecular weight excluding hydrogens is 475 g/mol. The number of nitrogens with zero attached hydrogens (tertiary/aromatic N) is 2. The highest BCUT2D eigenvalue weighted by Gasteiger charge is 2.34. The highest BCUT2D eigenvalue weighted by Crippen LogP contribution is 2.39. The van der Waals surface area contributed by atoms with Gasteiger partial charge in [-0.1, -0.05) is 42.5 Å². The summed E-state index contributed by atoms with van der Waals surface area (Å²) in [7, 11) is 0. The largest absolute Gasteiger partial charge is 0.418 e. The zero-order valence-corrected chi connectivity index (χ0v) is 19.3. The number of fused-ring (bicyclic) bond motifs is 3. The number of nitrogens with two attached hydrogens (primary N) is 1. The van der Waals surface area contributed by atoms with Crippen LogP contribution < -0.4 is 11.1 Å². The Kier molecular flexibility index (Phi) is 5.30. The number of aromatic amines is 1. The Morgan fingerprint density at radius 3 is 2.30 bits per heavy atom. The van der Waals surface area contributed by atoms with Gasteiger partial charge in [0.15, 0.2) is 0 Å². The molecule has 0 aliphatic rings. The second-order valence-corrected chi connectivity index (χ2v) is 8.76. The number of rotatable bonds is 4. The number of benzene rings is 4. The van der Waals surface area contributed by atoms with Crippen LogP contribution in [0, 0.1) is 0 Å². The maximum atomic E-state index is 14.0. The summed E-state index contributed by atoms with van der Waals surface area (Å²) in [4.78, 5) is 11.6. The van der Waals surface area contributed by atoms with Crippen LogP contribution in [-0.4, -0.2) is 15.0 Å². The third kappa shape index (κ3) is 4.33. The molecule has 0 aliphatic carbocycles. The lowest BCUT2D eigenvalue weighted by molar-refractivity contribution is -0.136. The quantitative estimate of drug-likeness (QED) is 0.218. The fourth-order valence-corrected chi connectivity index (χ4v) is 4.49. The van der Waals surface area contributed by atoms with Gasteiger partial charge >= 0.3 is 6.18 Å². The van der Waals surface area contributed by atoms with Gasteiger partial charge < -0.3 is 16.0 Å². The molecule has 0 fully saturated rings.